The number of halogens is 6. The van der Waals surface area contributed by atoms with E-state index in [2.05, 4.69) is 201 Å². The summed E-state index contributed by atoms with van der Waals surface area (Å²) in [7, 11) is 0. The van der Waals surface area contributed by atoms with Crippen molar-refractivity contribution in [2.45, 2.75) is 0 Å². The normalized spacial score (nSPS) is 13.6. The SMILES string of the molecule is Brc1ccc([Te](Br)(c2ccc(Br)cc2)(c2ccc(Br)cc2)(c2ccc(Br)cc2)c2ccc(Br)cc2)cc1. The average Bonchev–Trinajstić information content (AvgIpc) is 2.90. The van der Waals surface area contributed by atoms with Gasteiger partial charge in [-0.1, -0.05) is 0 Å². The van der Waals surface area contributed by atoms with Crippen LogP contribution in [0.3, 0.4) is 0 Å². The van der Waals surface area contributed by atoms with Crippen molar-refractivity contribution in [3.05, 3.63) is 144 Å². The number of hydrogen-bond acceptors (Lipinski definition) is 0. The van der Waals surface area contributed by atoms with E-state index in [9.17, 15) is 0 Å². The van der Waals surface area contributed by atoms with E-state index in [1.165, 1.54) is 18.1 Å². The molecule has 7 heteroatoms. The first-order chi connectivity index (χ1) is 17.6. The second-order valence-electron chi connectivity index (χ2n) is 8.68. The summed E-state index contributed by atoms with van der Waals surface area (Å²) in [5.74, 6) is 0. The minimum atomic E-state index is -5.46. The average molecular weight is 988 g/mol. The maximum absolute atomic E-state index is 5.46. The van der Waals surface area contributed by atoms with Gasteiger partial charge in [0.05, 0.1) is 0 Å². The third-order valence-electron chi connectivity index (χ3n) is 6.87. The van der Waals surface area contributed by atoms with Crippen LogP contribution in [0.15, 0.2) is 144 Å². The van der Waals surface area contributed by atoms with Crippen LogP contribution in [0, 0.1) is 0 Å². The molecular formula is C30H20Br6Te. The summed E-state index contributed by atoms with van der Waals surface area (Å²) in [6.45, 7) is 0. The molecule has 0 heterocycles. The first-order valence-corrected chi connectivity index (χ1v) is 26.2. The Balaban J connectivity index is 2.20. The molecule has 0 fully saturated rings. The van der Waals surface area contributed by atoms with E-state index in [4.69, 9.17) is 12.8 Å². The van der Waals surface area contributed by atoms with Gasteiger partial charge < -0.3 is 0 Å². The Hall–Kier alpha value is -0.230. The summed E-state index contributed by atoms with van der Waals surface area (Å²) < 4.78 is 11.4. The van der Waals surface area contributed by atoms with Gasteiger partial charge in [-0.05, 0) is 0 Å². The Morgan fingerprint density at radius 1 is 0.270 bits per heavy atom. The summed E-state index contributed by atoms with van der Waals surface area (Å²) in [5.41, 5.74) is 0. The van der Waals surface area contributed by atoms with Crippen LogP contribution >= 0.6 is 92.4 Å². The second-order valence-corrected chi connectivity index (χ2v) is 38.9. The van der Waals surface area contributed by atoms with Gasteiger partial charge in [0.15, 0.2) is 0 Å². The van der Waals surface area contributed by atoms with Crippen molar-refractivity contribution in [2.75, 3.05) is 0 Å². The van der Waals surface area contributed by atoms with Gasteiger partial charge in [-0.2, -0.15) is 0 Å². The number of rotatable bonds is 5. The fraction of sp³-hybridized carbons (Fsp3) is 0. The Morgan fingerprint density at radius 3 is 0.541 bits per heavy atom. The van der Waals surface area contributed by atoms with Gasteiger partial charge in [0.1, 0.15) is 0 Å². The van der Waals surface area contributed by atoms with E-state index < -0.39 is 13.2 Å². The van der Waals surface area contributed by atoms with Crippen molar-refractivity contribution in [3.63, 3.8) is 0 Å². The van der Waals surface area contributed by atoms with E-state index in [-0.39, 0.29) is 0 Å². The van der Waals surface area contributed by atoms with Gasteiger partial charge in [0.2, 0.25) is 0 Å². The third-order valence-corrected chi connectivity index (χ3v) is 41.9. The van der Waals surface area contributed by atoms with Gasteiger partial charge >= 0.3 is 267 Å². The molecule has 0 unspecified atom stereocenters. The van der Waals surface area contributed by atoms with Crippen molar-refractivity contribution >= 4 is 124 Å². The molecule has 5 aromatic carbocycles. The molecule has 0 spiro atoms. The van der Waals surface area contributed by atoms with Crippen LogP contribution in [0.25, 0.3) is 0 Å². The Labute approximate surface area is 263 Å². The molecule has 0 N–H and O–H groups in total. The zero-order valence-corrected chi connectivity index (χ0v) is 31.1. The predicted molar refractivity (Wildman–Crippen MR) is 184 cm³/mol. The molecule has 0 nitrogen and oxygen atoms in total. The molecule has 0 aliphatic rings. The molecule has 0 bridgehead atoms. The van der Waals surface area contributed by atoms with Crippen molar-refractivity contribution in [1.82, 2.24) is 0 Å². The first-order valence-electron chi connectivity index (χ1n) is 11.2. The molecule has 0 amide bonds. The Morgan fingerprint density at radius 2 is 0.405 bits per heavy atom. The number of hydrogen-bond donors (Lipinski definition) is 0. The summed E-state index contributed by atoms with van der Waals surface area (Å²) >= 11 is 17.9. The molecule has 0 aliphatic heterocycles. The molecule has 0 radical (unpaired) electrons. The van der Waals surface area contributed by atoms with Crippen LogP contribution in [0.2, 0.25) is 0 Å². The van der Waals surface area contributed by atoms with E-state index in [1.54, 1.807) is 0 Å². The quantitative estimate of drug-likeness (QED) is 0.155. The standard InChI is InChI=1S/C30H20Br6Te/c31-21-1-11-26(12-2-21)37(36,27-13-3-22(32)4-14-27,28-15-5-23(33)6-16-28,29-17-7-24(34)8-18-29)30-19-9-25(35)10-20-30/h1-20H. The van der Waals surface area contributed by atoms with E-state index in [0.29, 0.717) is 0 Å². The zero-order valence-electron chi connectivity index (χ0n) is 19.2. The van der Waals surface area contributed by atoms with Gasteiger partial charge in [0.25, 0.3) is 0 Å². The van der Waals surface area contributed by atoms with Crippen LogP contribution < -0.4 is 18.1 Å². The van der Waals surface area contributed by atoms with Gasteiger partial charge in [0, 0.05) is 0 Å². The van der Waals surface area contributed by atoms with E-state index >= 15 is 0 Å². The third kappa shape index (κ3) is 4.10. The maximum atomic E-state index is 4.88. The van der Waals surface area contributed by atoms with Crippen molar-refractivity contribution in [2.24, 2.45) is 0 Å². The molecule has 5 aromatic rings. The Kier molecular flexibility index (Phi) is 7.89. The zero-order chi connectivity index (χ0) is 26.3. The van der Waals surface area contributed by atoms with Gasteiger partial charge in [-0.25, -0.2) is 0 Å². The van der Waals surface area contributed by atoms with Crippen LogP contribution in [0.1, 0.15) is 0 Å². The van der Waals surface area contributed by atoms with Gasteiger partial charge in [-0.15, -0.1) is 0 Å². The fourth-order valence-electron chi connectivity index (χ4n) is 5.15. The summed E-state index contributed by atoms with van der Waals surface area (Å²) in [5, 5.41) is 0. The topological polar surface area (TPSA) is 0 Å². The monoisotopic (exact) mass is 984 g/mol. The first kappa shape index (κ1) is 28.3. The van der Waals surface area contributed by atoms with Crippen molar-refractivity contribution in [3.8, 4) is 0 Å². The predicted octanol–water partition coefficient (Wildman–Crippen LogP) is 8.58. The molecule has 0 aromatic heterocycles. The van der Waals surface area contributed by atoms with E-state index in [0.717, 1.165) is 22.4 Å². The van der Waals surface area contributed by atoms with Crippen LogP contribution in [0.5, 0.6) is 0 Å². The number of benzene rings is 5. The molecule has 0 atom stereocenters. The molecule has 37 heavy (non-hydrogen) atoms. The minimum absolute atomic E-state index is 1.04. The molecule has 0 saturated carbocycles. The second kappa shape index (κ2) is 10.3. The van der Waals surface area contributed by atoms with Crippen molar-refractivity contribution in [1.29, 1.82) is 0 Å². The molecule has 188 valence electrons. The molecular weight excluding hydrogens is 967 g/mol. The van der Waals surface area contributed by atoms with Crippen molar-refractivity contribution < 1.29 is 0 Å². The van der Waals surface area contributed by atoms with Gasteiger partial charge in [-0.3, -0.25) is 0 Å². The summed E-state index contributed by atoms with van der Waals surface area (Å²) in [4.78, 5) is 0. The van der Waals surface area contributed by atoms with Crippen LogP contribution in [-0.4, -0.2) is 13.2 Å². The summed E-state index contributed by atoms with van der Waals surface area (Å²) in [6.07, 6.45) is 0. The fourth-order valence-corrected chi connectivity index (χ4v) is 32.7. The van der Waals surface area contributed by atoms with Crippen LogP contribution in [0.4, 0.5) is 0 Å². The van der Waals surface area contributed by atoms with Crippen LogP contribution in [-0.2, 0) is 0 Å². The van der Waals surface area contributed by atoms with E-state index in [1.807, 2.05) is 0 Å². The Bertz CT molecular complexity index is 1290. The summed E-state index contributed by atoms with van der Waals surface area (Å²) in [6, 6.07) is 44.2. The molecule has 5 rings (SSSR count). The molecule has 0 aliphatic carbocycles. The molecule has 0 saturated heterocycles.